The normalized spacial score (nSPS) is 13.3. The average Bonchev–Trinajstić information content (AvgIpc) is 1.57. The minimum Gasteiger partial charge on any atom is -0.493 e. The first-order valence-electron chi connectivity index (χ1n) is 34.3. The van der Waals surface area contributed by atoms with Crippen LogP contribution in [0.25, 0.3) is 67.3 Å². The number of hydrogen-bond donors (Lipinski definition) is 9. The minimum atomic E-state index is -0.671. The van der Waals surface area contributed by atoms with Crippen molar-refractivity contribution in [2.45, 2.75) is 118 Å². The number of aromatic nitrogens is 14. The van der Waals surface area contributed by atoms with Gasteiger partial charge in [0.2, 0.25) is 5.95 Å². The first-order chi connectivity index (χ1) is 49.3. The van der Waals surface area contributed by atoms with Crippen LogP contribution in [0.15, 0.2) is 81.4 Å². The number of nitrogens with one attached hydrogen (secondary N) is 6. The van der Waals surface area contributed by atoms with Crippen molar-refractivity contribution in [2.75, 3.05) is 62.8 Å². The Kier molecular flexibility index (Phi) is 24.1. The molecule has 0 aliphatic carbocycles. The molecule has 102 heavy (non-hydrogen) atoms. The third-order valence-corrected chi connectivity index (χ3v) is 18.0. The molecule has 9 heterocycles. The summed E-state index contributed by atoms with van der Waals surface area (Å²) in [4.78, 5) is 111. The van der Waals surface area contributed by atoms with Crippen LogP contribution >= 0.6 is 0 Å². The number of nitrogens with zero attached hydrogens (tertiary/aromatic N) is 14. The molecule has 0 atom stereocenters. The Balaban J connectivity index is 0.000000168. The molecule has 3 aromatic carbocycles. The van der Waals surface area contributed by atoms with E-state index in [1.54, 1.807) is 57.9 Å². The van der Waals surface area contributed by atoms with Crippen LogP contribution in [0.1, 0.15) is 130 Å². The second kappa shape index (κ2) is 33.4. The molecule has 0 spiro atoms. The Hall–Kier alpha value is -11.1. The van der Waals surface area contributed by atoms with E-state index in [0.717, 1.165) is 117 Å². The molecule has 12 rings (SSSR count). The van der Waals surface area contributed by atoms with Gasteiger partial charge in [0.15, 0.2) is 16.6 Å². The summed E-state index contributed by atoms with van der Waals surface area (Å²) >= 11 is 0. The molecule has 9 N–H and O–H groups in total. The molecular formula is C70H88N20O12. The molecule has 2 aliphatic rings. The number of aromatic amines is 3. The number of hydroxylamine groups is 3. The van der Waals surface area contributed by atoms with E-state index in [9.17, 15) is 28.8 Å². The zero-order valence-corrected chi connectivity index (χ0v) is 59.0. The number of carbonyl (C=O) groups excluding carboxylic acids is 3. The number of ether oxygens (including phenoxy) is 3. The van der Waals surface area contributed by atoms with Gasteiger partial charge in [-0.1, -0.05) is 46.1 Å². The van der Waals surface area contributed by atoms with Gasteiger partial charge in [-0.3, -0.25) is 53.6 Å². The SMILES string of the molecule is CCCc1nn(C)c2c(=O)[nH]c(-c3cc(C(=O)NO)ccc3OCC)nc12.CCCc1nn(C)c2c(=O)[nH]c(-c3cc(CC4CCN(C(=O)NO)CC4)ccc3OCC)nc12.CCCc1nn(C)c2c(=O)[nH]c(-c3cc(N(C)C4CCN(c5ncc(C(=O)NO)cn5)CC4)ccc3OCC)nc12. The number of hydrogen-bond acceptors (Lipinski definition) is 22. The number of rotatable bonds is 22. The van der Waals surface area contributed by atoms with Gasteiger partial charge in [0.25, 0.3) is 28.5 Å². The highest BCUT2D eigenvalue weighted by Gasteiger charge is 2.28. The fourth-order valence-corrected chi connectivity index (χ4v) is 13.0. The molecule has 2 saturated heterocycles. The van der Waals surface area contributed by atoms with Crippen LogP contribution in [0.4, 0.5) is 16.4 Å². The van der Waals surface area contributed by atoms with E-state index in [4.69, 9.17) is 39.8 Å². The van der Waals surface area contributed by atoms with Crippen LogP contribution in [0, 0.1) is 5.92 Å². The summed E-state index contributed by atoms with van der Waals surface area (Å²) in [6.07, 6.45) is 12.0. The third kappa shape index (κ3) is 16.2. The monoisotopic (exact) mass is 1400 g/mol. The Labute approximate surface area is 586 Å². The first kappa shape index (κ1) is 73.6. The lowest BCUT2D eigenvalue weighted by Crippen LogP contribution is -2.44. The zero-order chi connectivity index (χ0) is 72.9. The molecule has 540 valence electrons. The number of aryl methyl sites for hydroxylation is 6. The van der Waals surface area contributed by atoms with E-state index in [0.29, 0.717) is 119 Å². The van der Waals surface area contributed by atoms with Crippen molar-refractivity contribution in [1.82, 2.24) is 90.6 Å². The van der Waals surface area contributed by atoms with Gasteiger partial charge in [0.1, 0.15) is 51.3 Å². The van der Waals surface area contributed by atoms with Gasteiger partial charge in [-0.05, 0) is 132 Å². The summed E-state index contributed by atoms with van der Waals surface area (Å²) in [6, 6.07) is 16.4. The average molecular weight is 1400 g/mol. The number of H-pyrrole nitrogens is 3. The number of benzene rings is 3. The highest BCUT2D eigenvalue weighted by Crippen LogP contribution is 2.36. The van der Waals surface area contributed by atoms with E-state index in [2.05, 4.69) is 75.9 Å². The van der Waals surface area contributed by atoms with Crippen molar-refractivity contribution < 1.29 is 44.2 Å². The van der Waals surface area contributed by atoms with Crippen LogP contribution in [0.2, 0.25) is 0 Å². The molecule has 0 radical (unpaired) electrons. The highest BCUT2D eigenvalue weighted by molar-refractivity contribution is 5.95. The molecule has 2 aliphatic heterocycles. The smallest absolute Gasteiger partial charge is 0.341 e. The summed E-state index contributed by atoms with van der Waals surface area (Å²) in [5, 5.41) is 40.0. The molecule has 7 aromatic heterocycles. The van der Waals surface area contributed by atoms with Crippen molar-refractivity contribution in [3.63, 3.8) is 0 Å². The van der Waals surface area contributed by atoms with E-state index in [1.165, 1.54) is 29.2 Å². The van der Waals surface area contributed by atoms with E-state index >= 15 is 0 Å². The van der Waals surface area contributed by atoms with Crippen molar-refractivity contribution in [3.05, 3.63) is 132 Å². The van der Waals surface area contributed by atoms with E-state index < -0.39 is 17.8 Å². The van der Waals surface area contributed by atoms with Crippen molar-refractivity contribution >= 4 is 62.6 Å². The van der Waals surface area contributed by atoms with Gasteiger partial charge in [0, 0.05) is 84.1 Å². The lowest BCUT2D eigenvalue weighted by Gasteiger charge is -2.38. The zero-order valence-electron chi connectivity index (χ0n) is 59.0. The number of fused-ring (bicyclic) bond motifs is 3. The van der Waals surface area contributed by atoms with Crippen LogP contribution in [-0.2, 0) is 46.8 Å². The Bertz CT molecular complexity index is 4810. The second-order valence-corrected chi connectivity index (χ2v) is 24.9. The number of likely N-dealkylation sites (tertiary alicyclic amines) is 1. The first-order valence-corrected chi connectivity index (χ1v) is 34.3. The van der Waals surface area contributed by atoms with Crippen molar-refractivity contribution in [1.29, 1.82) is 0 Å². The summed E-state index contributed by atoms with van der Waals surface area (Å²) in [5.74, 6) is 2.64. The van der Waals surface area contributed by atoms with Gasteiger partial charge >= 0.3 is 6.03 Å². The fraction of sp³-hybridized carbons (Fsp3) is 0.429. The lowest BCUT2D eigenvalue weighted by molar-refractivity contribution is 0.0701. The molecule has 2 fully saturated rings. The molecule has 32 nitrogen and oxygen atoms in total. The summed E-state index contributed by atoms with van der Waals surface area (Å²) < 4.78 is 22.1. The third-order valence-electron chi connectivity index (χ3n) is 18.0. The van der Waals surface area contributed by atoms with Gasteiger partial charge in [-0.2, -0.15) is 15.3 Å². The fourth-order valence-electron chi connectivity index (χ4n) is 13.0. The Morgan fingerprint density at radius 1 is 0.539 bits per heavy atom. The standard InChI is InChI=1S/C28H35N9O4.C24H32N6O4.C18H21N5O4/c1-5-7-21-23-24(36(4)33-21)27(39)32-25(31-23)20-14-19(8-9-22(20)41-6-2)35(3)18-10-12-37(13-11-18)28-29-15-17(16-30-28)26(38)34-40;1-4-6-18-20-21(29(3)27-18)23(31)26-22(25-20)17-14-16(7-8-19(17)34-5-2)13-15-9-11-30(12-10-15)24(32)28-33;1-4-6-12-14-15(23(3)21-12)18(25)20-16(19-14)11-9-10(17(24)22-26)7-8-13(11)27-5-2/h8-9,14-16,18,40H,5-7,10-13H2,1-4H3,(H,34,38)(H,31,32,39);7-8,14-15,33H,4-6,9-13H2,1-3H3,(H,28,32)(H,25,26,31);7-9,26H,4-6H2,1-3H3,(H,22,24)(H,19,20,25). The second-order valence-electron chi connectivity index (χ2n) is 24.9. The molecule has 32 heteroatoms. The Morgan fingerprint density at radius 2 is 0.961 bits per heavy atom. The van der Waals surface area contributed by atoms with Crippen molar-refractivity contribution in [2.24, 2.45) is 27.1 Å². The predicted octanol–water partition coefficient (Wildman–Crippen LogP) is 7.51. The minimum absolute atomic E-state index is 0.192. The maximum atomic E-state index is 13.1. The van der Waals surface area contributed by atoms with Crippen LogP contribution in [0.3, 0.4) is 0 Å². The lowest BCUT2D eigenvalue weighted by atomic mass is 9.89. The number of amides is 4. The molecule has 0 saturated carbocycles. The highest BCUT2D eigenvalue weighted by atomic mass is 16.5. The molecular weight excluding hydrogens is 1310 g/mol. The van der Waals surface area contributed by atoms with E-state index in [1.807, 2.05) is 64.1 Å². The molecule has 0 bridgehead atoms. The largest absolute Gasteiger partial charge is 0.493 e. The Morgan fingerprint density at radius 3 is 1.39 bits per heavy atom. The number of piperidine rings is 2. The molecule has 10 aromatic rings. The van der Waals surface area contributed by atoms with Crippen LogP contribution in [0.5, 0.6) is 17.2 Å². The van der Waals surface area contributed by atoms with Gasteiger partial charge in [-0.25, -0.2) is 46.2 Å². The van der Waals surface area contributed by atoms with Gasteiger partial charge < -0.3 is 43.9 Å². The molecule has 0 unspecified atom stereocenters. The predicted molar refractivity (Wildman–Crippen MR) is 382 cm³/mol. The topological polar surface area (TPSA) is 402 Å². The van der Waals surface area contributed by atoms with E-state index in [-0.39, 0.29) is 39.7 Å². The molecule has 4 amide bonds. The maximum Gasteiger partial charge on any atom is 0.341 e. The van der Waals surface area contributed by atoms with Crippen LogP contribution < -0.4 is 57.1 Å². The number of anilines is 2. The quantitative estimate of drug-likeness (QED) is 0.0234. The van der Waals surface area contributed by atoms with Crippen LogP contribution in [-0.4, -0.2) is 167 Å². The van der Waals surface area contributed by atoms with Gasteiger partial charge in [0.05, 0.1) is 59.2 Å². The summed E-state index contributed by atoms with van der Waals surface area (Å²) in [7, 11) is 7.30. The summed E-state index contributed by atoms with van der Waals surface area (Å²) in [6.45, 7) is 15.9. The number of carbonyl (C=O) groups is 3. The maximum absolute atomic E-state index is 13.1. The van der Waals surface area contributed by atoms with Crippen molar-refractivity contribution in [3.8, 4) is 51.4 Å². The number of urea groups is 1. The summed E-state index contributed by atoms with van der Waals surface area (Å²) in [5.41, 5.74) is 14.0. The van der Waals surface area contributed by atoms with Gasteiger partial charge in [-0.15, -0.1) is 0 Å².